The third-order valence-corrected chi connectivity index (χ3v) is 5.02. The number of carboxylic acid groups (broad SMARTS) is 1. The number of nitrogens with one attached hydrogen (secondary N) is 1. The summed E-state index contributed by atoms with van der Waals surface area (Å²) < 4.78 is 0. The number of carboxylic acids is 1. The van der Waals surface area contributed by atoms with Crippen LogP contribution in [0, 0.1) is 0 Å². The highest BCUT2D eigenvalue weighted by Gasteiger charge is 2.34. The minimum Gasteiger partial charge on any atom is -0.508 e. The van der Waals surface area contributed by atoms with Gasteiger partial charge in [0.05, 0.1) is 15.6 Å². The number of aliphatic carboxylic acids is 1. The van der Waals surface area contributed by atoms with Gasteiger partial charge in [0, 0.05) is 26.1 Å². The lowest BCUT2D eigenvalue weighted by Crippen LogP contribution is -2.34. The van der Waals surface area contributed by atoms with E-state index in [1.807, 2.05) is 6.07 Å². The highest BCUT2D eigenvalue weighted by molar-refractivity contribution is 6.42. The molecule has 0 spiro atoms. The van der Waals surface area contributed by atoms with Gasteiger partial charge in [-0.25, -0.2) is 0 Å². The number of aliphatic hydroxyl groups is 2. The summed E-state index contributed by atoms with van der Waals surface area (Å²) in [6.45, 7) is 0.738. The number of halogens is 2. The second-order valence-corrected chi connectivity index (χ2v) is 7.13. The van der Waals surface area contributed by atoms with Crippen LogP contribution >= 0.6 is 23.2 Å². The molecule has 9 heteroatoms. The van der Waals surface area contributed by atoms with Gasteiger partial charge in [0.25, 0.3) is 5.91 Å². The highest BCUT2D eigenvalue weighted by atomic mass is 35.5. The van der Waals surface area contributed by atoms with Gasteiger partial charge in [-0.1, -0.05) is 29.3 Å². The fourth-order valence-corrected chi connectivity index (χ4v) is 3.14. The molecule has 148 valence electrons. The number of aliphatic hydroxyl groups excluding tert-OH is 2. The van der Waals surface area contributed by atoms with Crippen LogP contribution in [-0.2, 0) is 16.0 Å². The molecule has 1 aromatic rings. The van der Waals surface area contributed by atoms with Crippen LogP contribution in [0.25, 0.3) is 0 Å². The topological polar surface area (TPSA) is 110 Å². The van der Waals surface area contributed by atoms with Crippen molar-refractivity contribution in [2.45, 2.75) is 31.9 Å². The van der Waals surface area contributed by atoms with Crippen molar-refractivity contribution in [2.75, 3.05) is 19.6 Å². The summed E-state index contributed by atoms with van der Waals surface area (Å²) in [6, 6.07) is 5.37. The highest BCUT2D eigenvalue weighted by Crippen LogP contribution is 2.23. The maximum atomic E-state index is 12.2. The van der Waals surface area contributed by atoms with E-state index < -0.39 is 18.1 Å². The van der Waals surface area contributed by atoms with Crippen molar-refractivity contribution in [3.05, 3.63) is 45.1 Å². The van der Waals surface area contributed by atoms with Crippen LogP contribution in [0.15, 0.2) is 29.5 Å². The predicted octanol–water partition coefficient (Wildman–Crippen LogP) is 2.35. The van der Waals surface area contributed by atoms with Crippen LogP contribution in [0.2, 0.25) is 10.0 Å². The van der Waals surface area contributed by atoms with Gasteiger partial charge in [-0.15, -0.1) is 0 Å². The van der Waals surface area contributed by atoms with Crippen molar-refractivity contribution in [1.82, 2.24) is 10.2 Å². The van der Waals surface area contributed by atoms with Crippen molar-refractivity contribution in [1.29, 1.82) is 0 Å². The lowest BCUT2D eigenvalue weighted by molar-refractivity contribution is -0.137. The van der Waals surface area contributed by atoms with Gasteiger partial charge < -0.3 is 20.6 Å². The molecule has 7 nitrogen and oxygen atoms in total. The summed E-state index contributed by atoms with van der Waals surface area (Å²) in [6.07, 6.45) is 0.364. The number of carbonyl (C=O) groups is 2. The number of amides is 1. The van der Waals surface area contributed by atoms with E-state index in [9.17, 15) is 19.8 Å². The monoisotopic (exact) mass is 416 g/mol. The number of nitrogens with zero attached hydrogens (tertiary/aromatic N) is 1. The zero-order chi connectivity index (χ0) is 20.0. The molecule has 1 aliphatic rings. The molecule has 0 saturated carbocycles. The lowest BCUT2D eigenvalue weighted by Gasteiger charge is -2.19. The Hall–Kier alpha value is -1.80. The molecule has 1 aromatic carbocycles. The van der Waals surface area contributed by atoms with Crippen LogP contribution in [0.3, 0.4) is 0 Å². The van der Waals surface area contributed by atoms with Crippen molar-refractivity contribution < 1.29 is 24.9 Å². The molecule has 1 amide bonds. The van der Waals surface area contributed by atoms with E-state index in [1.54, 1.807) is 12.1 Å². The van der Waals surface area contributed by atoms with E-state index in [-0.39, 0.29) is 30.8 Å². The first-order chi connectivity index (χ1) is 12.8. The molecule has 0 saturated heterocycles. The first kappa shape index (κ1) is 21.5. The van der Waals surface area contributed by atoms with Gasteiger partial charge in [-0.05, 0) is 37.0 Å². The van der Waals surface area contributed by atoms with Gasteiger partial charge in [0.1, 0.15) is 5.76 Å². The summed E-state index contributed by atoms with van der Waals surface area (Å²) in [7, 11) is 0. The van der Waals surface area contributed by atoms with Gasteiger partial charge in [0.15, 0.2) is 6.23 Å². The lowest BCUT2D eigenvalue weighted by atomic mass is 10.1. The van der Waals surface area contributed by atoms with Gasteiger partial charge in [-0.3, -0.25) is 14.5 Å². The molecule has 0 bridgehead atoms. The largest absolute Gasteiger partial charge is 0.508 e. The third kappa shape index (κ3) is 6.10. The van der Waals surface area contributed by atoms with Crippen LogP contribution in [-0.4, -0.2) is 58.0 Å². The van der Waals surface area contributed by atoms with E-state index in [4.69, 9.17) is 28.3 Å². The number of benzene rings is 1. The minimum atomic E-state index is -1.28. The second-order valence-electron chi connectivity index (χ2n) is 6.31. The summed E-state index contributed by atoms with van der Waals surface area (Å²) >= 11 is 11.8. The SMILES string of the molecule is O=C(O)CCCN1CC(C(=O)NCCCc2ccc(Cl)c(Cl)c2)=C(O)C1O. The maximum absolute atomic E-state index is 12.2. The quantitative estimate of drug-likeness (QED) is 0.460. The van der Waals surface area contributed by atoms with Crippen LogP contribution < -0.4 is 5.32 Å². The normalized spacial score (nSPS) is 17.4. The first-order valence-electron chi connectivity index (χ1n) is 8.57. The second kappa shape index (κ2) is 9.94. The van der Waals surface area contributed by atoms with Crippen molar-refractivity contribution in [3.8, 4) is 0 Å². The Balaban J connectivity index is 1.77. The van der Waals surface area contributed by atoms with E-state index in [0.29, 0.717) is 35.9 Å². The third-order valence-electron chi connectivity index (χ3n) is 4.28. The molecule has 27 heavy (non-hydrogen) atoms. The summed E-state index contributed by atoms with van der Waals surface area (Å²) in [4.78, 5) is 24.3. The van der Waals surface area contributed by atoms with Crippen LogP contribution in [0.5, 0.6) is 0 Å². The first-order valence-corrected chi connectivity index (χ1v) is 9.33. The smallest absolute Gasteiger partial charge is 0.303 e. The average Bonchev–Trinajstić information content (AvgIpc) is 2.90. The molecule has 1 heterocycles. The van der Waals surface area contributed by atoms with Gasteiger partial charge >= 0.3 is 5.97 Å². The Bertz CT molecular complexity index is 738. The summed E-state index contributed by atoms with van der Waals surface area (Å²) in [5, 5.41) is 32.3. The van der Waals surface area contributed by atoms with Crippen molar-refractivity contribution >= 4 is 35.1 Å². The molecular weight excluding hydrogens is 395 g/mol. The number of rotatable bonds is 9. The van der Waals surface area contributed by atoms with E-state index in [1.165, 1.54) is 4.90 Å². The van der Waals surface area contributed by atoms with Crippen LogP contribution in [0.4, 0.5) is 0 Å². The fourth-order valence-electron chi connectivity index (χ4n) is 2.82. The maximum Gasteiger partial charge on any atom is 0.303 e. The molecule has 1 aliphatic heterocycles. The van der Waals surface area contributed by atoms with Crippen molar-refractivity contribution in [2.24, 2.45) is 0 Å². The zero-order valence-corrected chi connectivity index (χ0v) is 16.1. The Morgan fingerprint density at radius 2 is 1.96 bits per heavy atom. The Kier molecular flexibility index (Phi) is 7.91. The molecule has 0 fully saturated rings. The number of hydrogen-bond acceptors (Lipinski definition) is 5. The molecule has 1 atom stereocenters. The van der Waals surface area contributed by atoms with E-state index in [2.05, 4.69) is 5.32 Å². The van der Waals surface area contributed by atoms with E-state index in [0.717, 1.165) is 5.56 Å². The molecule has 2 rings (SSSR count). The minimum absolute atomic E-state index is 0.0414. The molecule has 0 aromatic heterocycles. The molecule has 0 aliphatic carbocycles. The Morgan fingerprint density at radius 1 is 1.22 bits per heavy atom. The zero-order valence-electron chi connectivity index (χ0n) is 14.6. The molecule has 1 unspecified atom stereocenters. The predicted molar refractivity (Wildman–Crippen MR) is 102 cm³/mol. The van der Waals surface area contributed by atoms with E-state index >= 15 is 0 Å². The van der Waals surface area contributed by atoms with Gasteiger partial charge in [0.2, 0.25) is 0 Å². The molecular formula is C18H22Cl2N2O5. The number of aryl methyl sites for hydroxylation is 1. The van der Waals surface area contributed by atoms with Crippen molar-refractivity contribution in [3.63, 3.8) is 0 Å². The summed E-state index contributed by atoms with van der Waals surface area (Å²) in [5.41, 5.74) is 1.11. The molecule has 0 radical (unpaired) electrons. The standard InChI is InChI=1S/C18H22Cl2N2O5/c19-13-6-5-11(9-14(13)20)3-1-7-21-17(26)12-10-22(18(27)16(12)25)8-2-4-15(23)24/h5-6,9,18,25,27H,1-4,7-8,10H2,(H,21,26)(H,23,24). The fraction of sp³-hybridized carbons (Fsp3) is 0.444. The Morgan fingerprint density at radius 3 is 2.63 bits per heavy atom. The molecule has 4 N–H and O–H groups in total. The summed E-state index contributed by atoms with van der Waals surface area (Å²) in [5.74, 6) is -1.76. The van der Waals surface area contributed by atoms with Crippen LogP contribution in [0.1, 0.15) is 24.8 Å². The number of carbonyl (C=O) groups excluding carboxylic acids is 1. The average molecular weight is 417 g/mol. The Labute approximate surface area is 167 Å². The van der Waals surface area contributed by atoms with Gasteiger partial charge in [-0.2, -0.15) is 0 Å². The number of hydrogen-bond donors (Lipinski definition) is 4.